The van der Waals surface area contributed by atoms with Crippen molar-refractivity contribution < 1.29 is 8.42 Å². The maximum absolute atomic E-state index is 12.5. The monoisotopic (exact) mass is 344 g/mol. The Kier molecular flexibility index (Phi) is 5.69. The van der Waals surface area contributed by atoms with Crippen LogP contribution < -0.4 is 5.73 Å². The van der Waals surface area contributed by atoms with Gasteiger partial charge in [0.2, 0.25) is 10.0 Å². The molecule has 0 saturated carbocycles. The number of hydrogen-bond donors (Lipinski definition) is 1. The number of hydrogen-bond acceptors (Lipinski definition) is 4. The first kappa shape index (κ1) is 17.2. The smallest absolute Gasteiger partial charge is 0.245 e. The first-order valence-corrected chi connectivity index (χ1v) is 8.80. The van der Waals surface area contributed by atoms with Gasteiger partial charge in [-0.1, -0.05) is 44.0 Å². The van der Waals surface area contributed by atoms with E-state index < -0.39 is 10.0 Å². The summed E-state index contributed by atoms with van der Waals surface area (Å²) in [7, 11) is -3.63. The van der Waals surface area contributed by atoms with Gasteiger partial charge in [-0.15, -0.1) is 11.3 Å². The van der Waals surface area contributed by atoms with Crippen LogP contribution in [0.1, 0.15) is 20.8 Å². The normalized spacial score (nSPS) is 13.2. The van der Waals surface area contributed by atoms with Crippen molar-refractivity contribution in [2.24, 2.45) is 11.1 Å². The van der Waals surface area contributed by atoms with E-state index in [4.69, 9.17) is 28.9 Å². The van der Waals surface area contributed by atoms with E-state index in [-0.39, 0.29) is 14.6 Å². The molecule has 4 nitrogen and oxygen atoms in total. The van der Waals surface area contributed by atoms with Crippen molar-refractivity contribution in [1.29, 1.82) is 0 Å². The van der Waals surface area contributed by atoms with Gasteiger partial charge in [0.25, 0.3) is 0 Å². The third kappa shape index (κ3) is 4.06. The first-order valence-electron chi connectivity index (χ1n) is 5.79. The highest BCUT2D eigenvalue weighted by atomic mass is 35.5. The quantitative estimate of drug-likeness (QED) is 0.862. The van der Waals surface area contributed by atoms with E-state index in [1.807, 2.05) is 13.8 Å². The second kappa shape index (κ2) is 6.28. The van der Waals surface area contributed by atoms with Gasteiger partial charge in [0.05, 0.1) is 4.34 Å². The van der Waals surface area contributed by atoms with Crippen LogP contribution in [0.2, 0.25) is 8.67 Å². The fraction of sp³-hybridized carbons (Fsp3) is 0.636. The number of rotatable bonds is 6. The maximum Gasteiger partial charge on any atom is 0.245 e. The van der Waals surface area contributed by atoms with E-state index in [0.29, 0.717) is 24.0 Å². The molecule has 0 saturated heterocycles. The highest BCUT2D eigenvalue weighted by Gasteiger charge is 2.31. The average molecular weight is 345 g/mol. The molecular weight excluding hydrogens is 327 g/mol. The first-order chi connectivity index (χ1) is 8.64. The van der Waals surface area contributed by atoms with Crippen molar-refractivity contribution in [3.63, 3.8) is 0 Å². The molecule has 0 atom stereocenters. The molecule has 1 rings (SSSR count). The second-order valence-electron chi connectivity index (χ2n) is 4.99. The molecule has 0 aliphatic rings. The highest BCUT2D eigenvalue weighted by molar-refractivity contribution is 7.89. The molecule has 0 bridgehead atoms. The summed E-state index contributed by atoms with van der Waals surface area (Å²) in [6.45, 7) is 6.73. The Morgan fingerprint density at radius 3 is 2.37 bits per heavy atom. The standard InChI is InChI=1S/C11H18Cl2N2O2S2/c1-4-15(7-11(2,3)6-14)19(16,17)8-5-9(12)18-10(8)13/h5H,4,6-7,14H2,1-3H3. The van der Waals surface area contributed by atoms with Crippen LogP contribution in [0.5, 0.6) is 0 Å². The predicted molar refractivity (Wildman–Crippen MR) is 81.6 cm³/mol. The van der Waals surface area contributed by atoms with Gasteiger partial charge >= 0.3 is 0 Å². The molecule has 0 fully saturated rings. The zero-order valence-electron chi connectivity index (χ0n) is 11.1. The third-order valence-corrected chi connectivity index (χ3v) is 6.43. The average Bonchev–Trinajstić information content (AvgIpc) is 2.66. The van der Waals surface area contributed by atoms with Gasteiger partial charge < -0.3 is 5.73 Å². The van der Waals surface area contributed by atoms with Crippen molar-refractivity contribution in [1.82, 2.24) is 4.31 Å². The largest absolute Gasteiger partial charge is 0.330 e. The molecule has 0 amide bonds. The zero-order chi connectivity index (χ0) is 14.8. The van der Waals surface area contributed by atoms with Crippen molar-refractivity contribution in [3.05, 3.63) is 14.7 Å². The van der Waals surface area contributed by atoms with Gasteiger partial charge in [-0.25, -0.2) is 8.42 Å². The van der Waals surface area contributed by atoms with Gasteiger partial charge in [-0.2, -0.15) is 4.31 Å². The van der Waals surface area contributed by atoms with Crippen LogP contribution in [0.25, 0.3) is 0 Å². The van der Waals surface area contributed by atoms with E-state index in [0.717, 1.165) is 11.3 Å². The van der Waals surface area contributed by atoms with Gasteiger partial charge in [-0.05, 0) is 18.0 Å². The van der Waals surface area contributed by atoms with Crippen LogP contribution in [0.3, 0.4) is 0 Å². The molecule has 0 aliphatic carbocycles. The summed E-state index contributed by atoms with van der Waals surface area (Å²) in [5.74, 6) is 0. The molecule has 1 aromatic rings. The highest BCUT2D eigenvalue weighted by Crippen LogP contribution is 2.36. The Balaban J connectivity index is 3.13. The van der Waals surface area contributed by atoms with Gasteiger partial charge in [0.15, 0.2) is 0 Å². The molecule has 0 radical (unpaired) electrons. The van der Waals surface area contributed by atoms with Crippen molar-refractivity contribution in [2.45, 2.75) is 25.7 Å². The van der Waals surface area contributed by atoms with Crippen molar-refractivity contribution >= 4 is 44.6 Å². The summed E-state index contributed by atoms with van der Waals surface area (Å²) in [6.07, 6.45) is 0. The summed E-state index contributed by atoms with van der Waals surface area (Å²) < 4.78 is 27.0. The summed E-state index contributed by atoms with van der Waals surface area (Å²) in [6, 6.07) is 1.39. The number of halogens is 2. The molecule has 1 aromatic heterocycles. The fourth-order valence-corrected chi connectivity index (χ4v) is 5.30. The number of thiophene rings is 1. The lowest BCUT2D eigenvalue weighted by molar-refractivity contribution is 0.273. The lowest BCUT2D eigenvalue weighted by atomic mass is 9.94. The van der Waals surface area contributed by atoms with Crippen molar-refractivity contribution in [3.8, 4) is 0 Å². The van der Waals surface area contributed by atoms with Gasteiger partial charge in [-0.3, -0.25) is 0 Å². The van der Waals surface area contributed by atoms with E-state index in [1.165, 1.54) is 10.4 Å². The topological polar surface area (TPSA) is 63.4 Å². The van der Waals surface area contributed by atoms with Crippen LogP contribution in [0, 0.1) is 5.41 Å². The molecule has 2 N–H and O–H groups in total. The lowest BCUT2D eigenvalue weighted by Crippen LogP contribution is -2.41. The number of nitrogens with two attached hydrogens (primary N) is 1. The summed E-state index contributed by atoms with van der Waals surface area (Å²) in [5, 5.41) is 0. The summed E-state index contributed by atoms with van der Waals surface area (Å²) >= 11 is 12.8. The SMILES string of the molecule is CCN(CC(C)(C)CN)S(=O)(=O)c1cc(Cl)sc1Cl. The molecule has 1 heterocycles. The Hall–Kier alpha value is 0.150. The Morgan fingerprint density at radius 1 is 1.42 bits per heavy atom. The molecular formula is C11H18Cl2N2O2S2. The Morgan fingerprint density at radius 2 is 2.00 bits per heavy atom. The molecule has 110 valence electrons. The van der Waals surface area contributed by atoms with E-state index in [1.54, 1.807) is 6.92 Å². The predicted octanol–water partition coefficient (Wildman–Crippen LogP) is 3.05. The van der Waals surface area contributed by atoms with Crippen molar-refractivity contribution in [2.75, 3.05) is 19.6 Å². The fourth-order valence-electron chi connectivity index (χ4n) is 1.55. The molecule has 0 aliphatic heterocycles. The molecule has 0 spiro atoms. The minimum Gasteiger partial charge on any atom is -0.330 e. The minimum atomic E-state index is -3.63. The Bertz CT molecular complexity index is 541. The second-order valence-corrected chi connectivity index (χ2v) is 9.18. The van der Waals surface area contributed by atoms with Crippen LogP contribution in [-0.4, -0.2) is 32.4 Å². The zero-order valence-corrected chi connectivity index (χ0v) is 14.3. The minimum absolute atomic E-state index is 0.0684. The van der Waals surface area contributed by atoms with E-state index >= 15 is 0 Å². The molecule has 19 heavy (non-hydrogen) atoms. The molecule has 8 heteroatoms. The molecule has 0 unspecified atom stereocenters. The number of nitrogens with zero attached hydrogens (tertiary/aromatic N) is 1. The Labute approximate surface area is 128 Å². The van der Waals surface area contributed by atoms with E-state index in [9.17, 15) is 8.42 Å². The molecule has 0 aromatic carbocycles. The van der Waals surface area contributed by atoms with Crippen LogP contribution in [-0.2, 0) is 10.0 Å². The van der Waals surface area contributed by atoms with Crippen LogP contribution in [0.15, 0.2) is 11.0 Å². The summed E-state index contributed by atoms with van der Waals surface area (Å²) in [4.78, 5) is 0.0684. The third-order valence-electron chi connectivity index (χ3n) is 2.75. The van der Waals surface area contributed by atoms with Crippen LogP contribution in [0.4, 0.5) is 0 Å². The lowest BCUT2D eigenvalue weighted by Gasteiger charge is -2.30. The van der Waals surface area contributed by atoms with Gasteiger partial charge in [0.1, 0.15) is 9.23 Å². The van der Waals surface area contributed by atoms with E-state index in [2.05, 4.69) is 0 Å². The summed E-state index contributed by atoms with van der Waals surface area (Å²) in [5.41, 5.74) is 5.36. The maximum atomic E-state index is 12.5. The number of sulfonamides is 1. The van der Waals surface area contributed by atoms with Crippen LogP contribution >= 0.6 is 34.5 Å². The van der Waals surface area contributed by atoms with Gasteiger partial charge in [0, 0.05) is 13.1 Å².